The molecule has 4 nitrogen and oxygen atoms in total. The van der Waals surface area contributed by atoms with E-state index in [0.717, 1.165) is 10.8 Å². The van der Waals surface area contributed by atoms with E-state index in [-0.39, 0.29) is 5.75 Å². The van der Waals surface area contributed by atoms with Crippen LogP contribution in [0.1, 0.15) is 19.4 Å². The summed E-state index contributed by atoms with van der Waals surface area (Å²) in [6, 6.07) is 10.1. The first-order chi connectivity index (χ1) is 10.9. The van der Waals surface area contributed by atoms with Gasteiger partial charge in [0.25, 0.3) is 0 Å². The molecule has 0 aliphatic rings. The second kappa shape index (κ2) is 5.45. The highest BCUT2D eigenvalue weighted by Crippen LogP contribution is 2.26. The number of methoxy groups -OCH3 is 1. The monoisotopic (exact) mass is 308 g/mol. The van der Waals surface area contributed by atoms with Gasteiger partial charge in [-0.2, -0.15) is 0 Å². The van der Waals surface area contributed by atoms with Crippen LogP contribution in [0.3, 0.4) is 0 Å². The fourth-order valence-corrected chi connectivity index (χ4v) is 2.27. The second-order valence-electron chi connectivity index (χ2n) is 5.79. The lowest BCUT2D eigenvalue weighted by Crippen LogP contribution is -2.19. The van der Waals surface area contributed by atoms with Gasteiger partial charge in [-0.3, -0.25) is 0 Å². The van der Waals surface area contributed by atoms with Crippen molar-refractivity contribution < 1.29 is 14.3 Å². The zero-order valence-electron chi connectivity index (χ0n) is 13.1. The van der Waals surface area contributed by atoms with Gasteiger partial charge in [0, 0.05) is 29.5 Å². The van der Waals surface area contributed by atoms with Crippen molar-refractivity contribution in [2.45, 2.75) is 19.4 Å². The molecular weight excluding hydrogens is 292 g/mol. The Balaban J connectivity index is 2.21. The topological polar surface area (TPSA) is 59.7 Å². The summed E-state index contributed by atoms with van der Waals surface area (Å²) < 4.78 is 10.6. The van der Waals surface area contributed by atoms with Crippen LogP contribution in [0.4, 0.5) is 0 Å². The zero-order valence-corrected chi connectivity index (χ0v) is 13.1. The SMILES string of the molecule is COC(C)(C)C#Cc1ccc2c(c1)c(=O)oc1cc(O)ccc12. The summed E-state index contributed by atoms with van der Waals surface area (Å²) in [5.74, 6) is 6.09. The van der Waals surface area contributed by atoms with E-state index in [1.165, 1.54) is 6.07 Å². The molecule has 0 unspecified atom stereocenters. The van der Waals surface area contributed by atoms with Crippen molar-refractivity contribution in [1.29, 1.82) is 0 Å². The van der Waals surface area contributed by atoms with Gasteiger partial charge in [-0.25, -0.2) is 4.79 Å². The maximum absolute atomic E-state index is 12.2. The molecule has 4 heteroatoms. The Morgan fingerprint density at radius 2 is 1.83 bits per heavy atom. The summed E-state index contributed by atoms with van der Waals surface area (Å²) in [4.78, 5) is 12.2. The van der Waals surface area contributed by atoms with Crippen molar-refractivity contribution >= 4 is 21.7 Å². The van der Waals surface area contributed by atoms with E-state index >= 15 is 0 Å². The molecule has 3 aromatic rings. The molecular formula is C19H16O4. The Kier molecular flexibility index (Phi) is 3.59. The van der Waals surface area contributed by atoms with Crippen LogP contribution in [0.15, 0.2) is 45.6 Å². The number of ether oxygens (including phenoxy) is 1. The van der Waals surface area contributed by atoms with Crippen molar-refractivity contribution in [2.24, 2.45) is 0 Å². The number of hydrogen-bond donors (Lipinski definition) is 1. The quantitative estimate of drug-likeness (QED) is 0.425. The number of fused-ring (bicyclic) bond motifs is 3. The van der Waals surface area contributed by atoms with Crippen LogP contribution in [-0.4, -0.2) is 17.8 Å². The first-order valence-corrected chi connectivity index (χ1v) is 7.17. The minimum atomic E-state index is -0.555. The first kappa shape index (κ1) is 15.1. The van der Waals surface area contributed by atoms with Gasteiger partial charge < -0.3 is 14.3 Å². The highest BCUT2D eigenvalue weighted by molar-refractivity contribution is 6.04. The van der Waals surface area contributed by atoms with Crippen molar-refractivity contribution in [1.82, 2.24) is 0 Å². The van der Waals surface area contributed by atoms with Crippen LogP contribution in [-0.2, 0) is 4.74 Å². The zero-order chi connectivity index (χ0) is 16.6. The van der Waals surface area contributed by atoms with Crippen LogP contribution in [0, 0.1) is 11.8 Å². The van der Waals surface area contributed by atoms with Gasteiger partial charge in [0.2, 0.25) is 0 Å². The van der Waals surface area contributed by atoms with Gasteiger partial charge >= 0.3 is 5.63 Å². The molecule has 1 aromatic heterocycles. The number of benzene rings is 2. The number of phenolic OH excluding ortho intramolecular Hbond substituents is 1. The molecule has 0 fully saturated rings. The number of rotatable bonds is 1. The molecule has 2 aromatic carbocycles. The minimum absolute atomic E-state index is 0.0595. The summed E-state index contributed by atoms with van der Waals surface area (Å²) in [6.07, 6.45) is 0. The number of phenols is 1. The Bertz CT molecular complexity index is 1020. The van der Waals surface area contributed by atoms with E-state index in [1.807, 2.05) is 26.0 Å². The van der Waals surface area contributed by atoms with Crippen LogP contribution in [0.2, 0.25) is 0 Å². The van der Waals surface area contributed by atoms with Crippen LogP contribution in [0.5, 0.6) is 5.75 Å². The van der Waals surface area contributed by atoms with Crippen LogP contribution >= 0.6 is 0 Å². The average Bonchev–Trinajstić information content (AvgIpc) is 2.53. The van der Waals surface area contributed by atoms with Crippen molar-refractivity contribution in [3.05, 3.63) is 52.4 Å². The Hall–Kier alpha value is -2.77. The first-order valence-electron chi connectivity index (χ1n) is 7.17. The van der Waals surface area contributed by atoms with E-state index in [4.69, 9.17) is 9.15 Å². The maximum Gasteiger partial charge on any atom is 0.344 e. The molecule has 116 valence electrons. The van der Waals surface area contributed by atoms with E-state index < -0.39 is 11.2 Å². The molecule has 0 radical (unpaired) electrons. The molecule has 1 heterocycles. The summed E-state index contributed by atoms with van der Waals surface area (Å²) in [7, 11) is 1.60. The molecule has 1 N–H and O–H groups in total. The fraction of sp³-hybridized carbons (Fsp3) is 0.211. The standard InChI is InChI=1S/C19H16O4/c1-19(2,22-3)9-8-12-4-6-14-15-7-5-13(20)11-17(15)23-18(21)16(14)10-12/h4-7,10-11,20H,1-3H3. The molecule has 3 rings (SSSR count). The summed E-state index contributed by atoms with van der Waals surface area (Å²) in [6.45, 7) is 3.74. The predicted molar refractivity (Wildman–Crippen MR) is 89.6 cm³/mol. The summed E-state index contributed by atoms with van der Waals surface area (Å²) in [5, 5.41) is 11.5. The van der Waals surface area contributed by atoms with Crippen molar-refractivity contribution in [2.75, 3.05) is 7.11 Å². The third kappa shape index (κ3) is 2.92. The fourth-order valence-electron chi connectivity index (χ4n) is 2.27. The maximum atomic E-state index is 12.2. The van der Waals surface area contributed by atoms with Gasteiger partial charge in [0.1, 0.15) is 16.9 Å². The third-order valence-electron chi connectivity index (χ3n) is 3.72. The van der Waals surface area contributed by atoms with Crippen LogP contribution < -0.4 is 5.63 Å². The van der Waals surface area contributed by atoms with Crippen molar-refractivity contribution in [3.63, 3.8) is 0 Å². The molecule has 0 atom stereocenters. The normalized spacial score (nSPS) is 11.4. The third-order valence-corrected chi connectivity index (χ3v) is 3.72. The van der Waals surface area contributed by atoms with E-state index in [9.17, 15) is 9.90 Å². The lowest BCUT2D eigenvalue weighted by atomic mass is 10.0. The van der Waals surface area contributed by atoms with Gasteiger partial charge in [-0.1, -0.05) is 17.9 Å². The highest BCUT2D eigenvalue weighted by Gasteiger charge is 2.11. The molecule has 0 aliphatic heterocycles. The summed E-state index contributed by atoms with van der Waals surface area (Å²) in [5.41, 5.74) is 0.0724. The largest absolute Gasteiger partial charge is 0.508 e. The smallest absolute Gasteiger partial charge is 0.344 e. The molecule has 23 heavy (non-hydrogen) atoms. The summed E-state index contributed by atoms with van der Waals surface area (Å²) >= 11 is 0. The molecule has 0 amide bonds. The predicted octanol–water partition coefficient (Wildman–Crippen LogP) is 3.43. The van der Waals surface area contributed by atoms with Crippen molar-refractivity contribution in [3.8, 4) is 17.6 Å². The van der Waals surface area contributed by atoms with Gasteiger partial charge in [-0.05, 0) is 38.1 Å². The van der Waals surface area contributed by atoms with Gasteiger partial charge in [-0.15, -0.1) is 0 Å². The minimum Gasteiger partial charge on any atom is -0.508 e. The Morgan fingerprint density at radius 3 is 2.57 bits per heavy atom. The van der Waals surface area contributed by atoms with E-state index in [1.54, 1.807) is 25.3 Å². The molecule has 0 bridgehead atoms. The number of aromatic hydroxyl groups is 1. The molecule has 0 spiro atoms. The van der Waals surface area contributed by atoms with Crippen LogP contribution in [0.25, 0.3) is 21.7 Å². The van der Waals surface area contributed by atoms with Gasteiger partial charge in [0.15, 0.2) is 0 Å². The Labute approximate surface area is 133 Å². The van der Waals surface area contributed by atoms with E-state index in [0.29, 0.717) is 16.5 Å². The second-order valence-corrected chi connectivity index (χ2v) is 5.79. The molecule has 0 aliphatic carbocycles. The van der Waals surface area contributed by atoms with Gasteiger partial charge in [0.05, 0.1) is 5.39 Å². The average molecular weight is 308 g/mol. The molecule has 0 saturated heterocycles. The highest BCUT2D eigenvalue weighted by atomic mass is 16.5. The number of hydrogen-bond acceptors (Lipinski definition) is 4. The molecule has 0 saturated carbocycles. The Morgan fingerprint density at radius 1 is 1.09 bits per heavy atom. The van der Waals surface area contributed by atoms with E-state index in [2.05, 4.69) is 11.8 Å². The lowest BCUT2D eigenvalue weighted by Gasteiger charge is -2.14. The lowest BCUT2D eigenvalue weighted by molar-refractivity contribution is 0.0742.